The molecule has 2 aliphatic heterocycles. The summed E-state index contributed by atoms with van der Waals surface area (Å²) in [6.07, 6.45) is 7.79. The number of nitrogens with one attached hydrogen (secondary N) is 1. The van der Waals surface area contributed by atoms with Crippen molar-refractivity contribution in [3.05, 3.63) is 55.0 Å². The van der Waals surface area contributed by atoms with Crippen LogP contribution in [0, 0.1) is 0 Å². The van der Waals surface area contributed by atoms with E-state index in [9.17, 15) is 14.7 Å². The maximum Gasteiger partial charge on any atom is 0.408 e. The molecule has 6 rings (SSSR count). The summed E-state index contributed by atoms with van der Waals surface area (Å²) in [6, 6.07) is 11.6. The topological polar surface area (TPSA) is 145 Å². The second-order valence-corrected chi connectivity index (χ2v) is 12.3. The number of carbonyl (C=O) groups excluding carboxylic acids is 1. The number of pyridine rings is 3. The fourth-order valence-electron chi connectivity index (χ4n) is 5.77. The van der Waals surface area contributed by atoms with Crippen molar-refractivity contribution < 1.29 is 24.2 Å². The number of alkyl carbamates (subject to hydrolysis) is 1. The second kappa shape index (κ2) is 11.8. The Balaban J connectivity index is 1.30. The van der Waals surface area contributed by atoms with Crippen molar-refractivity contribution in [2.75, 3.05) is 24.6 Å². The molecule has 12 nitrogen and oxygen atoms in total. The van der Waals surface area contributed by atoms with Gasteiger partial charge in [-0.25, -0.2) is 19.3 Å². The zero-order chi connectivity index (χ0) is 30.9. The van der Waals surface area contributed by atoms with Gasteiger partial charge in [0.25, 0.3) is 0 Å². The molecule has 2 N–H and O–H groups in total. The Morgan fingerprint density at radius 2 is 1.91 bits per heavy atom. The van der Waals surface area contributed by atoms with E-state index in [4.69, 9.17) is 24.5 Å². The van der Waals surface area contributed by atoms with Crippen LogP contribution in [0.15, 0.2) is 55.0 Å². The molecule has 1 amide bonds. The lowest BCUT2D eigenvalue weighted by Crippen LogP contribution is -2.60. The van der Waals surface area contributed by atoms with E-state index >= 15 is 0 Å². The van der Waals surface area contributed by atoms with Gasteiger partial charge >= 0.3 is 12.1 Å². The summed E-state index contributed by atoms with van der Waals surface area (Å²) < 4.78 is 13.4. The highest BCUT2D eigenvalue weighted by molar-refractivity contribution is 5.94. The number of nitrogens with zero attached hydrogens (tertiary/aromatic N) is 6. The largest absolute Gasteiger partial charge is 0.480 e. The molecule has 44 heavy (non-hydrogen) atoms. The molecule has 2 fully saturated rings. The van der Waals surface area contributed by atoms with Gasteiger partial charge in [0.15, 0.2) is 6.23 Å². The molecule has 4 aromatic heterocycles. The van der Waals surface area contributed by atoms with E-state index in [1.807, 2.05) is 52.2 Å². The zero-order valence-electron chi connectivity index (χ0n) is 25.2. The zero-order valence-corrected chi connectivity index (χ0v) is 25.2. The van der Waals surface area contributed by atoms with E-state index in [0.717, 1.165) is 41.4 Å². The number of hydrogen-bond donors (Lipinski definition) is 2. The van der Waals surface area contributed by atoms with Gasteiger partial charge in [0.2, 0.25) is 0 Å². The smallest absolute Gasteiger partial charge is 0.408 e. The average molecular weight is 600 g/mol. The van der Waals surface area contributed by atoms with Crippen LogP contribution in [0.25, 0.3) is 33.5 Å². The van der Waals surface area contributed by atoms with E-state index in [1.54, 1.807) is 33.2 Å². The number of carboxylic acid groups (broad SMARTS) is 1. The highest BCUT2D eigenvalue weighted by Gasteiger charge is 2.44. The van der Waals surface area contributed by atoms with E-state index < -0.39 is 23.2 Å². The molecule has 0 saturated carbocycles. The normalized spacial score (nSPS) is 18.6. The summed E-state index contributed by atoms with van der Waals surface area (Å²) >= 11 is 0. The Hall–Kier alpha value is -4.58. The van der Waals surface area contributed by atoms with E-state index in [2.05, 4.69) is 10.3 Å². The van der Waals surface area contributed by atoms with Crippen LogP contribution in [-0.2, 0) is 14.3 Å². The standard InChI is InChI=1S/C32H37N7O5/c1-31(2,3)44-30(42)36-32(29(40)41)12-15-38(16-13-32)26-10-6-9-23(35-26)28-22-18-24(21-8-7-14-33-19-21)34-20-25(22)39(37-28)27-11-4-5-17-43-27/h6-10,14,18-20,27H,4-5,11-13,15-17H2,1-3H3,(H,36,42)(H,40,41). The first-order valence-corrected chi connectivity index (χ1v) is 15.0. The number of hydrogen-bond acceptors (Lipinski definition) is 9. The first-order chi connectivity index (χ1) is 21.1. The van der Waals surface area contributed by atoms with Crippen LogP contribution in [0.2, 0.25) is 0 Å². The number of carboxylic acids is 1. The maximum absolute atomic E-state index is 12.5. The van der Waals surface area contributed by atoms with E-state index in [0.29, 0.717) is 36.9 Å². The Morgan fingerprint density at radius 3 is 2.59 bits per heavy atom. The van der Waals surface area contributed by atoms with Crippen molar-refractivity contribution in [2.45, 2.75) is 70.2 Å². The Bertz CT molecular complexity index is 1650. The number of carbonyl (C=O) groups is 2. The molecule has 2 aliphatic rings. The minimum atomic E-state index is -1.42. The summed E-state index contributed by atoms with van der Waals surface area (Å²) in [5.41, 5.74) is 1.80. The van der Waals surface area contributed by atoms with Crippen molar-refractivity contribution >= 4 is 28.8 Å². The number of aliphatic carboxylic acids is 1. The summed E-state index contributed by atoms with van der Waals surface area (Å²) in [5.74, 6) is -0.374. The van der Waals surface area contributed by atoms with Crippen LogP contribution in [0.1, 0.15) is 59.1 Å². The van der Waals surface area contributed by atoms with Crippen LogP contribution in [0.5, 0.6) is 0 Å². The fraction of sp³-hybridized carbons (Fsp3) is 0.438. The van der Waals surface area contributed by atoms with Gasteiger partial charge in [0, 0.05) is 43.0 Å². The maximum atomic E-state index is 12.5. The average Bonchev–Trinajstić information content (AvgIpc) is 3.40. The van der Waals surface area contributed by atoms with Crippen molar-refractivity contribution in [1.82, 2.24) is 30.0 Å². The number of ether oxygens (including phenoxy) is 2. The van der Waals surface area contributed by atoms with E-state index in [-0.39, 0.29) is 19.1 Å². The lowest BCUT2D eigenvalue weighted by molar-refractivity contribution is -0.145. The van der Waals surface area contributed by atoms with Crippen LogP contribution >= 0.6 is 0 Å². The molecule has 0 aromatic carbocycles. The number of piperidine rings is 1. The first kappa shape index (κ1) is 29.5. The summed E-state index contributed by atoms with van der Waals surface area (Å²) in [6.45, 7) is 6.69. The molecule has 230 valence electrons. The van der Waals surface area contributed by atoms with Crippen LogP contribution < -0.4 is 10.2 Å². The van der Waals surface area contributed by atoms with Crippen molar-refractivity contribution in [1.29, 1.82) is 0 Å². The first-order valence-electron chi connectivity index (χ1n) is 15.0. The monoisotopic (exact) mass is 599 g/mol. The van der Waals surface area contributed by atoms with Crippen molar-refractivity contribution in [3.8, 4) is 22.6 Å². The van der Waals surface area contributed by atoms with Gasteiger partial charge in [-0.2, -0.15) is 5.10 Å². The minimum absolute atomic E-state index is 0.182. The number of rotatable bonds is 6. The van der Waals surface area contributed by atoms with Crippen LogP contribution in [-0.4, -0.2) is 72.7 Å². The highest BCUT2D eigenvalue weighted by Crippen LogP contribution is 2.35. The predicted octanol–water partition coefficient (Wildman–Crippen LogP) is 5.20. The second-order valence-electron chi connectivity index (χ2n) is 12.3. The predicted molar refractivity (Wildman–Crippen MR) is 164 cm³/mol. The van der Waals surface area contributed by atoms with Gasteiger partial charge in [-0.15, -0.1) is 0 Å². The SMILES string of the molecule is CC(C)(C)OC(=O)NC1(C(=O)O)CCN(c2cccc(-c3nn(C4CCCCO4)c4cnc(-c5cccnc5)cc34)n2)CC1. The van der Waals surface area contributed by atoms with Crippen molar-refractivity contribution in [3.63, 3.8) is 0 Å². The Kier molecular flexibility index (Phi) is 7.93. The van der Waals surface area contributed by atoms with Gasteiger partial charge in [0.1, 0.15) is 22.7 Å². The van der Waals surface area contributed by atoms with Gasteiger partial charge in [0.05, 0.1) is 23.1 Å². The number of fused-ring (bicyclic) bond motifs is 1. The Labute approximate surface area is 255 Å². The van der Waals surface area contributed by atoms with Gasteiger partial charge in [-0.05, 0) is 83.2 Å². The summed E-state index contributed by atoms with van der Waals surface area (Å²) in [7, 11) is 0. The molecular formula is C32H37N7O5. The quantitative estimate of drug-likeness (QED) is 0.303. The lowest BCUT2D eigenvalue weighted by atomic mass is 9.87. The molecule has 0 aliphatic carbocycles. The molecule has 4 aromatic rings. The summed E-state index contributed by atoms with van der Waals surface area (Å²) in [4.78, 5) is 40.8. The summed E-state index contributed by atoms with van der Waals surface area (Å²) in [5, 5.41) is 18.6. The fourth-order valence-corrected chi connectivity index (χ4v) is 5.77. The number of aromatic nitrogens is 5. The number of anilines is 1. The Morgan fingerprint density at radius 1 is 1.09 bits per heavy atom. The number of amides is 1. The van der Waals surface area contributed by atoms with Gasteiger partial charge in [-0.3, -0.25) is 9.97 Å². The third kappa shape index (κ3) is 6.07. The third-order valence-electron chi connectivity index (χ3n) is 8.05. The van der Waals surface area contributed by atoms with Crippen LogP contribution in [0.4, 0.5) is 10.6 Å². The molecule has 0 bridgehead atoms. The van der Waals surface area contributed by atoms with Gasteiger partial charge < -0.3 is 24.8 Å². The molecule has 1 unspecified atom stereocenters. The molecule has 12 heteroatoms. The molecule has 6 heterocycles. The van der Waals surface area contributed by atoms with E-state index in [1.165, 1.54) is 0 Å². The molecular weight excluding hydrogens is 562 g/mol. The molecule has 1 atom stereocenters. The molecule has 0 spiro atoms. The minimum Gasteiger partial charge on any atom is -0.480 e. The third-order valence-corrected chi connectivity index (χ3v) is 8.05. The lowest BCUT2D eigenvalue weighted by Gasteiger charge is -2.40. The molecule has 2 saturated heterocycles. The highest BCUT2D eigenvalue weighted by atomic mass is 16.6. The molecule has 0 radical (unpaired) electrons. The van der Waals surface area contributed by atoms with Crippen molar-refractivity contribution in [2.24, 2.45) is 0 Å². The van der Waals surface area contributed by atoms with Gasteiger partial charge in [-0.1, -0.05) is 6.07 Å². The van der Waals surface area contributed by atoms with Crippen LogP contribution in [0.3, 0.4) is 0 Å².